The van der Waals surface area contributed by atoms with Crippen LogP contribution in [0.4, 0.5) is 0 Å². The van der Waals surface area contributed by atoms with E-state index in [1.165, 1.54) is 32.1 Å². The van der Waals surface area contributed by atoms with Crippen LogP contribution < -0.4 is 11.1 Å². The van der Waals surface area contributed by atoms with Gasteiger partial charge in [0.15, 0.2) is 0 Å². The number of ether oxygens (including phenoxy) is 1. The van der Waals surface area contributed by atoms with Gasteiger partial charge in [0.05, 0.1) is 6.10 Å². The number of hydrogen-bond donors (Lipinski definition) is 2. The molecule has 0 radical (unpaired) electrons. The lowest BCUT2D eigenvalue weighted by atomic mass is 9.97. The van der Waals surface area contributed by atoms with Crippen LogP contribution in [0.3, 0.4) is 0 Å². The van der Waals surface area contributed by atoms with E-state index in [0.717, 1.165) is 12.5 Å². The molecule has 2 fully saturated rings. The Morgan fingerprint density at radius 2 is 2.07 bits per heavy atom. The summed E-state index contributed by atoms with van der Waals surface area (Å²) in [7, 11) is 1.81. The molecule has 3 nitrogen and oxygen atoms in total. The molecule has 0 aromatic carbocycles. The molecule has 2 aliphatic carbocycles. The first-order valence-electron chi connectivity index (χ1n) is 6.18. The molecule has 2 rings (SSSR count). The predicted molar refractivity (Wildman–Crippen MR) is 61.8 cm³/mol. The molecule has 2 saturated carbocycles. The summed E-state index contributed by atoms with van der Waals surface area (Å²) in [6.07, 6.45) is 6.74. The van der Waals surface area contributed by atoms with E-state index in [4.69, 9.17) is 10.5 Å². The molecule has 3 heteroatoms. The summed E-state index contributed by atoms with van der Waals surface area (Å²) >= 11 is 0. The van der Waals surface area contributed by atoms with E-state index in [1.54, 1.807) is 0 Å². The van der Waals surface area contributed by atoms with Crippen LogP contribution in [0.15, 0.2) is 0 Å². The van der Waals surface area contributed by atoms with Crippen molar-refractivity contribution in [1.29, 1.82) is 0 Å². The fraction of sp³-hybridized carbons (Fsp3) is 1.00. The van der Waals surface area contributed by atoms with Crippen molar-refractivity contribution in [3.8, 4) is 0 Å². The van der Waals surface area contributed by atoms with Gasteiger partial charge in [-0.05, 0) is 44.9 Å². The molecule has 88 valence electrons. The first kappa shape index (κ1) is 11.4. The largest absolute Gasteiger partial charge is 0.380 e. The molecule has 0 saturated heterocycles. The average molecular weight is 212 g/mol. The Labute approximate surface area is 92.7 Å². The molecule has 3 unspecified atom stereocenters. The molecule has 3 N–H and O–H groups in total. The number of nitrogens with one attached hydrogen (secondary N) is 1. The molecule has 3 atom stereocenters. The van der Waals surface area contributed by atoms with Crippen molar-refractivity contribution in [2.75, 3.05) is 13.7 Å². The molecule has 0 aromatic rings. The molecular formula is C12H24N2O. The van der Waals surface area contributed by atoms with E-state index in [2.05, 4.69) is 12.2 Å². The van der Waals surface area contributed by atoms with Crippen LogP contribution >= 0.6 is 0 Å². The Morgan fingerprint density at radius 3 is 2.67 bits per heavy atom. The monoisotopic (exact) mass is 212 g/mol. The van der Waals surface area contributed by atoms with Crippen molar-refractivity contribution in [2.45, 2.75) is 56.7 Å². The topological polar surface area (TPSA) is 47.3 Å². The third kappa shape index (κ3) is 2.71. The maximum absolute atomic E-state index is 6.28. The predicted octanol–water partition coefficient (Wildman–Crippen LogP) is 1.27. The van der Waals surface area contributed by atoms with Crippen molar-refractivity contribution in [3.63, 3.8) is 0 Å². The summed E-state index contributed by atoms with van der Waals surface area (Å²) in [6.45, 7) is 3.11. The van der Waals surface area contributed by atoms with Crippen LogP contribution in [-0.4, -0.2) is 31.3 Å². The summed E-state index contributed by atoms with van der Waals surface area (Å²) in [5.41, 5.74) is 6.27. The quantitative estimate of drug-likeness (QED) is 0.721. The number of rotatable bonds is 5. The summed E-state index contributed by atoms with van der Waals surface area (Å²) < 4.78 is 5.46. The Kier molecular flexibility index (Phi) is 3.33. The highest BCUT2D eigenvalue weighted by molar-refractivity contribution is 4.98. The summed E-state index contributed by atoms with van der Waals surface area (Å²) in [5, 5.41) is 3.59. The third-order valence-corrected chi connectivity index (χ3v) is 4.01. The first-order chi connectivity index (χ1) is 7.13. The third-order valence-electron chi connectivity index (χ3n) is 4.01. The van der Waals surface area contributed by atoms with E-state index in [1.807, 2.05) is 7.11 Å². The van der Waals surface area contributed by atoms with Gasteiger partial charge in [0, 0.05) is 25.2 Å². The minimum Gasteiger partial charge on any atom is -0.380 e. The minimum atomic E-state index is -0.0130. The second-order valence-corrected chi connectivity index (χ2v) is 5.47. The van der Waals surface area contributed by atoms with Gasteiger partial charge in [-0.1, -0.05) is 0 Å². The van der Waals surface area contributed by atoms with Crippen molar-refractivity contribution < 1.29 is 4.74 Å². The van der Waals surface area contributed by atoms with Crippen LogP contribution in [0.1, 0.15) is 39.0 Å². The van der Waals surface area contributed by atoms with Crippen LogP contribution in [-0.2, 0) is 4.74 Å². The van der Waals surface area contributed by atoms with Crippen molar-refractivity contribution in [2.24, 2.45) is 11.7 Å². The van der Waals surface area contributed by atoms with Crippen molar-refractivity contribution in [1.82, 2.24) is 5.32 Å². The van der Waals surface area contributed by atoms with Crippen molar-refractivity contribution in [3.05, 3.63) is 0 Å². The van der Waals surface area contributed by atoms with Gasteiger partial charge in [-0.3, -0.25) is 0 Å². The van der Waals surface area contributed by atoms with Crippen molar-refractivity contribution >= 4 is 0 Å². The van der Waals surface area contributed by atoms with Crippen LogP contribution in [0.25, 0.3) is 0 Å². The van der Waals surface area contributed by atoms with Crippen LogP contribution in [0.5, 0.6) is 0 Å². The molecule has 2 aliphatic rings. The highest BCUT2D eigenvalue weighted by Crippen LogP contribution is 2.37. The van der Waals surface area contributed by atoms with Crippen LogP contribution in [0, 0.1) is 5.92 Å². The molecule has 0 spiro atoms. The van der Waals surface area contributed by atoms with Gasteiger partial charge in [-0.25, -0.2) is 0 Å². The van der Waals surface area contributed by atoms with Gasteiger partial charge in [-0.2, -0.15) is 0 Å². The van der Waals surface area contributed by atoms with E-state index in [-0.39, 0.29) is 5.54 Å². The summed E-state index contributed by atoms with van der Waals surface area (Å²) in [4.78, 5) is 0. The molecular weight excluding hydrogens is 188 g/mol. The fourth-order valence-electron chi connectivity index (χ4n) is 2.68. The van der Waals surface area contributed by atoms with E-state index in [9.17, 15) is 0 Å². The van der Waals surface area contributed by atoms with Gasteiger partial charge >= 0.3 is 0 Å². The number of nitrogens with two attached hydrogens (primary N) is 1. The molecule has 0 aromatic heterocycles. The summed E-state index contributed by atoms with van der Waals surface area (Å²) in [5.74, 6) is 0.743. The second-order valence-electron chi connectivity index (χ2n) is 5.47. The maximum Gasteiger partial charge on any atom is 0.0724 e. The second kappa shape index (κ2) is 4.40. The van der Waals surface area contributed by atoms with Gasteiger partial charge < -0.3 is 15.8 Å². The summed E-state index contributed by atoms with van der Waals surface area (Å²) in [6, 6.07) is 0.525. The zero-order valence-corrected chi connectivity index (χ0v) is 9.96. The minimum absolute atomic E-state index is 0.0130. The molecule has 0 heterocycles. The first-order valence-corrected chi connectivity index (χ1v) is 6.18. The smallest absolute Gasteiger partial charge is 0.0724 e. The Bertz CT molecular complexity index is 214. The van der Waals surface area contributed by atoms with Gasteiger partial charge in [0.1, 0.15) is 0 Å². The lowest BCUT2D eigenvalue weighted by Crippen LogP contribution is -2.52. The van der Waals surface area contributed by atoms with Gasteiger partial charge in [0.2, 0.25) is 0 Å². The lowest BCUT2D eigenvalue weighted by molar-refractivity contribution is 0.0829. The Balaban J connectivity index is 1.76. The van der Waals surface area contributed by atoms with Crippen LogP contribution in [0.2, 0.25) is 0 Å². The highest BCUT2D eigenvalue weighted by atomic mass is 16.5. The molecule has 0 bridgehead atoms. The fourth-order valence-corrected chi connectivity index (χ4v) is 2.68. The number of methoxy groups -OCH3 is 1. The standard InChI is InChI=1S/C12H24N2O/c1-12(13,9-6-7-9)8-14-10-4-3-5-11(10)15-2/h9-11,14H,3-8,13H2,1-2H3. The molecule has 0 amide bonds. The zero-order valence-electron chi connectivity index (χ0n) is 9.96. The van der Waals surface area contributed by atoms with Gasteiger partial charge in [-0.15, -0.1) is 0 Å². The molecule has 15 heavy (non-hydrogen) atoms. The zero-order chi connectivity index (χ0) is 10.9. The average Bonchev–Trinajstić information content (AvgIpc) is 2.96. The van der Waals surface area contributed by atoms with E-state index < -0.39 is 0 Å². The van der Waals surface area contributed by atoms with Gasteiger partial charge in [0.25, 0.3) is 0 Å². The highest BCUT2D eigenvalue weighted by Gasteiger charge is 2.39. The molecule has 0 aliphatic heterocycles. The Hall–Kier alpha value is -0.120. The normalized spacial score (nSPS) is 35.4. The van der Waals surface area contributed by atoms with E-state index >= 15 is 0 Å². The maximum atomic E-state index is 6.28. The SMILES string of the molecule is COC1CCCC1NCC(C)(N)C1CC1. The van der Waals surface area contributed by atoms with E-state index in [0.29, 0.717) is 12.1 Å². The Morgan fingerprint density at radius 1 is 1.33 bits per heavy atom. The lowest BCUT2D eigenvalue weighted by Gasteiger charge is -2.28. The number of hydrogen-bond acceptors (Lipinski definition) is 3.